The van der Waals surface area contributed by atoms with E-state index in [9.17, 15) is 15.0 Å². The monoisotopic (exact) mass is 646 g/mol. The minimum Gasteiger partial charge on any atom is -0.460 e. The van der Waals surface area contributed by atoms with Crippen LogP contribution in [0, 0.1) is 0 Å². The molecule has 0 radical (unpaired) electrons. The lowest BCUT2D eigenvalue weighted by Gasteiger charge is -2.49. The van der Waals surface area contributed by atoms with Gasteiger partial charge in [-0.2, -0.15) is 0 Å². The number of esters is 1. The zero-order chi connectivity index (χ0) is 30.6. The highest BCUT2D eigenvalue weighted by molar-refractivity contribution is 9.09. The molecule has 4 heterocycles. The van der Waals surface area contributed by atoms with E-state index < -0.39 is 33.6 Å². The molecule has 0 saturated carbocycles. The van der Waals surface area contributed by atoms with Crippen molar-refractivity contribution in [1.29, 1.82) is 0 Å². The maximum absolute atomic E-state index is 11.8. The first kappa shape index (κ1) is 33.6. The quantitative estimate of drug-likeness (QED) is 0.287. The van der Waals surface area contributed by atoms with Gasteiger partial charge in [-0.3, -0.25) is 4.79 Å². The van der Waals surface area contributed by atoms with E-state index in [2.05, 4.69) is 43.6 Å². The summed E-state index contributed by atoms with van der Waals surface area (Å²) in [6.07, 6.45) is 5.39. The van der Waals surface area contributed by atoms with Crippen LogP contribution in [0.4, 0.5) is 0 Å². The van der Waals surface area contributed by atoms with Gasteiger partial charge in [0.25, 0.3) is 0 Å². The third kappa shape index (κ3) is 7.18. The van der Waals surface area contributed by atoms with E-state index in [0.717, 1.165) is 32.1 Å². The van der Waals surface area contributed by atoms with Gasteiger partial charge < -0.3 is 33.9 Å². The van der Waals surface area contributed by atoms with Gasteiger partial charge >= 0.3 is 5.97 Å². The Morgan fingerprint density at radius 2 is 1.46 bits per heavy atom. The second-order valence-electron chi connectivity index (χ2n) is 15.3. The van der Waals surface area contributed by atoms with Crippen LogP contribution in [0.2, 0.25) is 0 Å². The molecule has 0 aromatic carbocycles. The molecular formula is C32H55BrO8. The van der Waals surface area contributed by atoms with Crippen LogP contribution < -0.4 is 0 Å². The van der Waals surface area contributed by atoms with Crippen molar-refractivity contribution in [2.45, 2.75) is 195 Å². The summed E-state index contributed by atoms with van der Waals surface area (Å²) in [4.78, 5) is 11.9. The van der Waals surface area contributed by atoms with Gasteiger partial charge in [-0.1, -0.05) is 15.9 Å². The molecule has 4 rings (SSSR count). The molecule has 2 N–H and O–H groups in total. The van der Waals surface area contributed by atoms with Crippen molar-refractivity contribution in [3.63, 3.8) is 0 Å². The van der Waals surface area contributed by atoms with Crippen molar-refractivity contribution in [2.75, 3.05) is 0 Å². The summed E-state index contributed by atoms with van der Waals surface area (Å²) in [5, 5.41) is 23.0. The third-order valence-corrected chi connectivity index (χ3v) is 12.2. The molecule has 9 heteroatoms. The molecule has 238 valence electrons. The molecule has 0 unspecified atom stereocenters. The highest BCUT2D eigenvalue weighted by Gasteiger charge is 2.56. The molecule has 4 fully saturated rings. The summed E-state index contributed by atoms with van der Waals surface area (Å²) in [6, 6.07) is 0. The van der Waals surface area contributed by atoms with Crippen LogP contribution in [-0.4, -0.2) is 85.1 Å². The summed E-state index contributed by atoms with van der Waals surface area (Å²) < 4.78 is 32.4. The first-order valence-electron chi connectivity index (χ1n) is 15.7. The molecule has 0 bridgehead atoms. The number of alkyl halides is 1. The van der Waals surface area contributed by atoms with Gasteiger partial charge in [-0.25, -0.2) is 0 Å². The maximum Gasteiger partial charge on any atom is 0.303 e. The Morgan fingerprint density at radius 3 is 2.12 bits per heavy atom. The zero-order valence-electron chi connectivity index (χ0n) is 26.8. The van der Waals surface area contributed by atoms with Gasteiger partial charge in [0.05, 0.1) is 58.0 Å². The average Bonchev–Trinajstić information content (AvgIpc) is 3.05. The van der Waals surface area contributed by atoms with E-state index in [-0.39, 0.29) is 41.3 Å². The Kier molecular flexibility index (Phi) is 9.48. The van der Waals surface area contributed by atoms with Gasteiger partial charge in [-0.05, 0) is 120 Å². The summed E-state index contributed by atoms with van der Waals surface area (Å²) in [5.74, 6) is -0.295. The highest BCUT2D eigenvalue weighted by atomic mass is 79.9. The number of carbonyl (C=O) groups excluding carboxylic acids is 1. The van der Waals surface area contributed by atoms with Gasteiger partial charge in [0, 0.05) is 11.8 Å². The first-order valence-corrected chi connectivity index (χ1v) is 16.6. The number of aliphatic hydroxyl groups is 2. The number of hydrogen-bond donors (Lipinski definition) is 2. The third-order valence-electron chi connectivity index (χ3n) is 10.6. The molecule has 4 aliphatic rings. The number of carbonyl (C=O) groups is 1. The molecule has 4 saturated heterocycles. The Balaban J connectivity index is 1.44. The van der Waals surface area contributed by atoms with Crippen molar-refractivity contribution in [3.8, 4) is 0 Å². The number of halogens is 1. The second-order valence-corrected chi connectivity index (χ2v) is 16.4. The second kappa shape index (κ2) is 11.6. The van der Waals surface area contributed by atoms with E-state index >= 15 is 0 Å². The lowest BCUT2D eigenvalue weighted by molar-refractivity contribution is -0.262. The van der Waals surface area contributed by atoms with Gasteiger partial charge in [0.1, 0.15) is 6.10 Å². The van der Waals surface area contributed by atoms with Crippen molar-refractivity contribution in [2.24, 2.45) is 0 Å². The van der Waals surface area contributed by atoms with E-state index in [1.165, 1.54) is 6.92 Å². The standard InChI is InChI=1S/C32H55BrO8/c1-20(34)37-22-14-18-32(9)26(39-28(22,4)5)15-19-31(8)25(41-32)11-10-23(40-31)30(7,36)17-13-24-29(6,35)16-12-21(33)27(2,3)38-24/h21-26,35-36H,10-19H2,1-9H3/t21-,22-,23+,24+,25-,26-,29+,30-,31+,32+/m1/s1. The summed E-state index contributed by atoms with van der Waals surface area (Å²) in [6.45, 7) is 17.5. The van der Waals surface area contributed by atoms with E-state index in [4.69, 9.17) is 23.7 Å². The average molecular weight is 648 g/mol. The molecule has 0 aliphatic carbocycles. The Bertz CT molecular complexity index is 950. The van der Waals surface area contributed by atoms with Crippen molar-refractivity contribution < 1.29 is 38.7 Å². The van der Waals surface area contributed by atoms with Crippen molar-refractivity contribution >= 4 is 21.9 Å². The van der Waals surface area contributed by atoms with Crippen LogP contribution in [0.3, 0.4) is 0 Å². The predicted octanol–water partition coefficient (Wildman–Crippen LogP) is 5.75. The number of fused-ring (bicyclic) bond motifs is 2. The summed E-state index contributed by atoms with van der Waals surface area (Å²) in [7, 11) is 0. The molecule has 41 heavy (non-hydrogen) atoms. The van der Waals surface area contributed by atoms with Crippen LogP contribution in [0.15, 0.2) is 0 Å². The van der Waals surface area contributed by atoms with E-state index in [1.807, 2.05) is 27.7 Å². The van der Waals surface area contributed by atoms with Crippen LogP contribution in [-0.2, 0) is 28.5 Å². The fourth-order valence-corrected chi connectivity index (χ4v) is 7.83. The largest absolute Gasteiger partial charge is 0.460 e. The van der Waals surface area contributed by atoms with Crippen molar-refractivity contribution in [3.05, 3.63) is 0 Å². The minimum atomic E-state index is -1.09. The van der Waals surface area contributed by atoms with Crippen LogP contribution >= 0.6 is 15.9 Å². The maximum atomic E-state index is 11.8. The first-order chi connectivity index (χ1) is 18.7. The van der Waals surface area contributed by atoms with Gasteiger partial charge in [-0.15, -0.1) is 0 Å². The predicted molar refractivity (Wildman–Crippen MR) is 160 cm³/mol. The molecule has 0 aromatic heterocycles. The zero-order valence-corrected chi connectivity index (χ0v) is 28.3. The van der Waals surface area contributed by atoms with Crippen LogP contribution in [0.1, 0.15) is 127 Å². The SMILES string of the molecule is CC(=O)O[C@@H]1CC[C@]2(C)O[C@@H]3CC[C@@H]([C@](C)(O)CC[C@@H]4OC(C)(C)[C@H](Br)CC[C@]4(C)O)O[C@@]3(C)CC[C@H]2OC1(C)C. The molecule has 0 spiro atoms. The Morgan fingerprint density at radius 1 is 0.854 bits per heavy atom. The molecule has 4 aliphatic heterocycles. The topological polar surface area (TPSA) is 104 Å². The lowest BCUT2D eigenvalue weighted by atomic mass is 9.79. The number of rotatable bonds is 5. The van der Waals surface area contributed by atoms with Crippen LogP contribution in [0.5, 0.6) is 0 Å². The Labute approximate surface area is 255 Å². The fourth-order valence-electron chi connectivity index (χ4n) is 7.49. The lowest BCUT2D eigenvalue weighted by Crippen LogP contribution is -2.57. The normalized spacial score (nSPS) is 46.0. The van der Waals surface area contributed by atoms with Crippen LogP contribution in [0.25, 0.3) is 0 Å². The molecule has 0 aromatic rings. The molecule has 10 atom stereocenters. The molecule has 8 nitrogen and oxygen atoms in total. The van der Waals surface area contributed by atoms with Gasteiger partial charge in [0.2, 0.25) is 0 Å². The number of ether oxygens (including phenoxy) is 5. The van der Waals surface area contributed by atoms with Gasteiger partial charge in [0.15, 0.2) is 0 Å². The fraction of sp³-hybridized carbons (Fsp3) is 0.969. The summed E-state index contributed by atoms with van der Waals surface area (Å²) in [5.41, 5.74) is -4.21. The van der Waals surface area contributed by atoms with Crippen molar-refractivity contribution in [1.82, 2.24) is 0 Å². The molecular weight excluding hydrogens is 592 g/mol. The van der Waals surface area contributed by atoms with E-state index in [0.29, 0.717) is 32.1 Å². The number of hydrogen-bond acceptors (Lipinski definition) is 8. The highest BCUT2D eigenvalue weighted by Crippen LogP contribution is 2.49. The summed E-state index contributed by atoms with van der Waals surface area (Å²) >= 11 is 3.74. The smallest absolute Gasteiger partial charge is 0.303 e. The minimum absolute atomic E-state index is 0.135. The Hall–Kier alpha value is -0.290. The van der Waals surface area contributed by atoms with E-state index in [1.54, 1.807) is 0 Å². The molecule has 0 amide bonds.